The summed E-state index contributed by atoms with van der Waals surface area (Å²) < 4.78 is 1.60. The van der Waals surface area contributed by atoms with Crippen LogP contribution in [0.1, 0.15) is 37.8 Å². The largest absolute Gasteiger partial charge is 0.338 e. The maximum atomic E-state index is 12.3. The molecule has 0 bridgehead atoms. The first-order valence-corrected chi connectivity index (χ1v) is 9.65. The summed E-state index contributed by atoms with van der Waals surface area (Å²) >= 11 is 0. The molecule has 3 rings (SSSR count). The molecule has 1 saturated heterocycles. The van der Waals surface area contributed by atoms with Gasteiger partial charge in [-0.05, 0) is 32.3 Å². The Labute approximate surface area is 165 Å². The van der Waals surface area contributed by atoms with E-state index in [1.165, 1.54) is 5.56 Å². The van der Waals surface area contributed by atoms with Gasteiger partial charge in [0.1, 0.15) is 5.82 Å². The van der Waals surface area contributed by atoms with Crippen molar-refractivity contribution < 1.29 is 9.59 Å². The number of amides is 3. The van der Waals surface area contributed by atoms with Crippen LogP contribution in [-0.4, -0.2) is 34.3 Å². The van der Waals surface area contributed by atoms with Crippen LogP contribution < -0.4 is 21.3 Å². The predicted molar refractivity (Wildman–Crippen MR) is 108 cm³/mol. The average Bonchev–Trinajstić information content (AvgIpc) is 3.04. The molecule has 8 nitrogen and oxygen atoms in total. The summed E-state index contributed by atoms with van der Waals surface area (Å²) in [4.78, 5) is 24.4. The van der Waals surface area contributed by atoms with Crippen molar-refractivity contribution in [3.05, 3.63) is 47.7 Å². The van der Waals surface area contributed by atoms with Crippen LogP contribution in [0.3, 0.4) is 0 Å². The third kappa shape index (κ3) is 4.89. The molecule has 28 heavy (non-hydrogen) atoms. The molecule has 0 spiro atoms. The minimum atomic E-state index is -0.499. The number of nitrogens with one attached hydrogen (secondary N) is 4. The second kappa shape index (κ2) is 8.88. The van der Waals surface area contributed by atoms with Gasteiger partial charge in [0.15, 0.2) is 6.29 Å². The highest BCUT2D eigenvalue weighted by Gasteiger charge is 2.32. The Balaban J connectivity index is 1.54. The zero-order chi connectivity index (χ0) is 20.1. The van der Waals surface area contributed by atoms with Crippen LogP contribution in [0.5, 0.6) is 0 Å². The van der Waals surface area contributed by atoms with Crippen LogP contribution in [0.15, 0.2) is 36.4 Å². The maximum absolute atomic E-state index is 12.3. The third-order valence-corrected chi connectivity index (χ3v) is 4.98. The molecule has 0 radical (unpaired) electrons. The van der Waals surface area contributed by atoms with Crippen molar-refractivity contribution >= 4 is 17.8 Å². The molecule has 0 aliphatic carbocycles. The fraction of sp³-hybridized carbons (Fsp3) is 0.450. The lowest BCUT2D eigenvalue weighted by Crippen LogP contribution is -2.57. The number of aryl methyl sites for hydroxylation is 2. The molecule has 1 fully saturated rings. The number of benzene rings is 1. The van der Waals surface area contributed by atoms with E-state index in [2.05, 4.69) is 38.5 Å². The second-order valence-corrected chi connectivity index (χ2v) is 7.24. The molecule has 4 N–H and O–H groups in total. The van der Waals surface area contributed by atoms with Crippen LogP contribution in [0.25, 0.3) is 0 Å². The summed E-state index contributed by atoms with van der Waals surface area (Å²) in [5.41, 5.74) is 2.00. The highest BCUT2D eigenvalue weighted by molar-refractivity contribution is 5.88. The Morgan fingerprint density at radius 2 is 2.00 bits per heavy atom. The number of anilines is 1. The Morgan fingerprint density at radius 1 is 1.25 bits per heavy atom. The summed E-state index contributed by atoms with van der Waals surface area (Å²) in [7, 11) is 0. The normalized spacial score (nSPS) is 21.8. The number of nitrogens with zero attached hydrogens (tertiary/aromatic N) is 2. The molecule has 8 heteroatoms. The second-order valence-electron chi connectivity index (χ2n) is 7.24. The summed E-state index contributed by atoms with van der Waals surface area (Å²) in [6.45, 7) is 6.25. The molecule has 3 amide bonds. The Bertz CT molecular complexity index is 819. The van der Waals surface area contributed by atoms with Gasteiger partial charge in [-0.2, -0.15) is 5.10 Å². The van der Waals surface area contributed by atoms with Crippen molar-refractivity contribution in [2.75, 3.05) is 11.9 Å². The van der Waals surface area contributed by atoms with E-state index in [1.54, 1.807) is 10.7 Å². The molecule has 2 heterocycles. The molecule has 1 aromatic carbocycles. The van der Waals surface area contributed by atoms with Crippen molar-refractivity contribution in [3.63, 3.8) is 0 Å². The zero-order valence-corrected chi connectivity index (χ0v) is 16.5. The van der Waals surface area contributed by atoms with Gasteiger partial charge in [0.25, 0.3) is 0 Å². The Morgan fingerprint density at radius 3 is 2.71 bits per heavy atom. The van der Waals surface area contributed by atoms with Gasteiger partial charge in [-0.3, -0.25) is 15.4 Å². The van der Waals surface area contributed by atoms with Gasteiger partial charge in [-0.1, -0.05) is 37.3 Å². The smallest absolute Gasteiger partial charge is 0.320 e. The van der Waals surface area contributed by atoms with Crippen LogP contribution in [0.2, 0.25) is 0 Å². The maximum Gasteiger partial charge on any atom is 0.320 e. The van der Waals surface area contributed by atoms with Crippen LogP contribution in [0.4, 0.5) is 10.6 Å². The first kappa shape index (κ1) is 19.9. The summed E-state index contributed by atoms with van der Waals surface area (Å²) in [6.07, 6.45) is 1.26. The summed E-state index contributed by atoms with van der Waals surface area (Å²) in [5, 5.41) is 16.3. The highest BCUT2D eigenvalue weighted by atomic mass is 16.2. The number of urea groups is 1. The van der Waals surface area contributed by atoms with Gasteiger partial charge < -0.3 is 10.6 Å². The Hall–Kier alpha value is -2.87. The van der Waals surface area contributed by atoms with Gasteiger partial charge in [-0.15, -0.1) is 0 Å². The van der Waals surface area contributed by atoms with E-state index in [-0.39, 0.29) is 23.9 Å². The van der Waals surface area contributed by atoms with Crippen molar-refractivity contribution in [1.29, 1.82) is 0 Å². The van der Waals surface area contributed by atoms with Crippen LogP contribution in [0, 0.1) is 12.8 Å². The molecular formula is C20H28N6O2. The molecule has 1 aliphatic heterocycles. The number of rotatable bonds is 6. The molecular weight excluding hydrogens is 356 g/mol. The lowest BCUT2D eigenvalue weighted by atomic mass is 10.0. The van der Waals surface area contributed by atoms with E-state index in [1.807, 2.05) is 39.0 Å². The SMILES string of the molecule is Cc1cc(NC(=O)NCCCc2ccccc2)n(C2NC(=O)C(C)C(C)N2)n1. The van der Waals surface area contributed by atoms with Gasteiger partial charge in [0.2, 0.25) is 5.91 Å². The van der Waals surface area contributed by atoms with Crippen LogP contribution >= 0.6 is 0 Å². The molecule has 3 atom stereocenters. The molecule has 1 aliphatic rings. The molecule has 1 aromatic heterocycles. The van der Waals surface area contributed by atoms with Crippen LogP contribution in [-0.2, 0) is 11.2 Å². The van der Waals surface area contributed by atoms with E-state index in [0.29, 0.717) is 12.4 Å². The zero-order valence-electron chi connectivity index (χ0n) is 16.5. The van der Waals surface area contributed by atoms with E-state index in [4.69, 9.17) is 0 Å². The number of aromatic nitrogens is 2. The minimum absolute atomic E-state index is 0.00270. The monoisotopic (exact) mass is 384 g/mol. The van der Waals surface area contributed by atoms with Gasteiger partial charge >= 0.3 is 6.03 Å². The van der Waals surface area contributed by atoms with Gasteiger partial charge in [-0.25, -0.2) is 9.48 Å². The number of carbonyl (C=O) groups excluding carboxylic acids is 2. The number of hydrogen-bond acceptors (Lipinski definition) is 4. The fourth-order valence-corrected chi connectivity index (χ4v) is 3.17. The van der Waals surface area contributed by atoms with Gasteiger partial charge in [0, 0.05) is 18.7 Å². The molecule has 2 aromatic rings. The summed E-state index contributed by atoms with van der Waals surface area (Å²) in [6, 6.07) is 11.7. The summed E-state index contributed by atoms with van der Waals surface area (Å²) in [5.74, 6) is 0.357. The Kier molecular flexibility index (Phi) is 6.30. The van der Waals surface area contributed by atoms with Crippen molar-refractivity contribution in [3.8, 4) is 0 Å². The minimum Gasteiger partial charge on any atom is -0.338 e. The fourth-order valence-electron chi connectivity index (χ4n) is 3.17. The first-order valence-electron chi connectivity index (χ1n) is 9.65. The highest BCUT2D eigenvalue weighted by Crippen LogP contribution is 2.19. The van der Waals surface area contributed by atoms with Crippen molar-refractivity contribution in [2.45, 2.75) is 45.9 Å². The van der Waals surface area contributed by atoms with E-state index in [0.717, 1.165) is 18.5 Å². The third-order valence-electron chi connectivity index (χ3n) is 4.98. The topological polar surface area (TPSA) is 100 Å². The van der Waals surface area contributed by atoms with Gasteiger partial charge in [0.05, 0.1) is 11.6 Å². The molecule has 0 saturated carbocycles. The first-order chi connectivity index (χ1) is 13.4. The lowest BCUT2D eigenvalue weighted by Gasteiger charge is -2.34. The van der Waals surface area contributed by atoms with Crippen molar-refractivity contribution in [1.82, 2.24) is 25.7 Å². The molecule has 3 unspecified atom stereocenters. The lowest BCUT2D eigenvalue weighted by molar-refractivity contribution is -0.130. The number of hydrogen-bond donors (Lipinski definition) is 4. The van der Waals surface area contributed by atoms with Crippen molar-refractivity contribution in [2.24, 2.45) is 5.92 Å². The van der Waals surface area contributed by atoms with E-state index < -0.39 is 6.29 Å². The average molecular weight is 384 g/mol. The van der Waals surface area contributed by atoms with E-state index >= 15 is 0 Å². The standard InChI is InChI=1S/C20H28N6O2/c1-13-12-17(26(25-13)19-22-15(3)14(2)18(27)24-19)23-20(28)21-11-7-10-16-8-5-4-6-9-16/h4-6,8-9,12,14-15,19,22H,7,10-11H2,1-3H3,(H,24,27)(H2,21,23,28). The number of carbonyl (C=O) groups is 2. The van der Waals surface area contributed by atoms with E-state index in [9.17, 15) is 9.59 Å². The predicted octanol–water partition coefficient (Wildman–Crippen LogP) is 2.15. The molecule has 150 valence electrons. The quantitative estimate of drug-likeness (QED) is 0.573.